The molecule has 0 amide bonds. The molecule has 0 saturated heterocycles. The highest BCUT2D eigenvalue weighted by Gasteiger charge is 2.16. The van der Waals surface area contributed by atoms with Gasteiger partial charge in [0, 0.05) is 24.7 Å². The Balaban J connectivity index is 2.62. The molecular formula is C15H29N3O. The monoisotopic (exact) mass is 267 g/mol. The fraction of sp³-hybridized carbons (Fsp3) is 0.733. The molecule has 4 nitrogen and oxygen atoms in total. The molecule has 1 rings (SSSR count). The molecular weight excluding hydrogens is 238 g/mol. The molecule has 0 aromatic carbocycles. The van der Waals surface area contributed by atoms with Crippen molar-refractivity contribution in [3.63, 3.8) is 0 Å². The van der Waals surface area contributed by atoms with E-state index in [2.05, 4.69) is 56.0 Å². The third-order valence-corrected chi connectivity index (χ3v) is 3.41. The molecule has 0 bridgehead atoms. The van der Waals surface area contributed by atoms with E-state index in [1.165, 1.54) is 5.56 Å². The first-order valence-corrected chi connectivity index (χ1v) is 7.23. The van der Waals surface area contributed by atoms with Gasteiger partial charge < -0.3 is 14.6 Å². The van der Waals surface area contributed by atoms with Gasteiger partial charge in [-0.25, -0.2) is 0 Å². The van der Waals surface area contributed by atoms with Crippen LogP contribution < -0.4 is 5.32 Å². The summed E-state index contributed by atoms with van der Waals surface area (Å²) in [7, 11) is 4.25. The number of hydrogen-bond acceptors (Lipinski definition) is 4. The number of nitrogens with one attached hydrogen (secondary N) is 1. The highest BCUT2D eigenvalue weighted by molar-refractivity contribution is 5.17. The summed E-state index contributed by atoms with van der Waals surface area (Å²) in [4.78, 5) is 4.72. The fourth-order valence-electron chi connectivity index (χ4n) is 2.34. The Hall–Kier alpha value is -0.840. The summed E-state index contributed by atoms with van der Waals surface area (Å²) < 4.78 is 5.57. The number of furan rings is 1. The van der Waals surface area contributed by atoms with Crippen LogP contribution in [0.15, 0.2) is 16.7 Å². The molecule has 4 heteroatoms. The second-order valence-electron chi connectivity index (χ2n) is 5.32. The molecule has 19 heavy (non-hydrogen) atoms. The number of rotatable bonds is 9. The van der Waals surface area contributed by atoms with Crippen LogP contribution in [0.2, 0.25) is 0 Å². The summed E-state index contributed by atoms with van der Waals surface area (Å²) in [6, 6.07) is 2.64. The van der Waals surface area contributed by atoms with Gasteiger partial charge in [0.15, 0.2) is 0 Å². The fourth-order valence-corrected chi connectivity index (χ4v) is 2.34. The van der Waals surface area contributed by atoms with Gasteiger partial charge in [-0.05, 0) is 40.2 Å². The minimum atomic E-state index is 0.543. The smallest absolute Gasteiger partial charge is 0.122 e. The Kier molecular flexibility index (Phi) is 7.13. The van der Waals surface area contributed by atoms with E-state index in [4.69, 9.17) is 4.42 Å². The van der Waals surface area contributed by atoms with Crippen molar-refractivity contribution in [1.29, 1.82) is 0 Å². The van der Waals surface area contributed by atoms with E-state index in [1.54, 1.807) is 6.26 Å². The molecule has 1 aromatic heterocycles. The lowest BCUT2D eigenvalue weighted by molar-refractivity contribution is 0.173. The second kappa shape index (κ2) is 8.35. The van der Waals surface area contributed by atoms with E-state index >= 15 is 0 Å². The molecule has 0 aliphatic rings. The molecule has 110 valence electrons. The van der Waals surface area contributed by atoms with Crippen molar-refractivity contribution in [2.24, 2.45) is 0 Å². The van der Waals surface area contributed by atoms with Crippen LogP contribution in [0, 0.1) is 0 Å². The average molecular weight is 267 g/mol. The standard InChI is InChI=1S/C15H29N3O/c1-6-16-10-15-14(8-9-19-15)12-18(7-2)13(3)11-17(4)5/h8-9,13,16H,6-7,10-12H2,1-5H3. The zero-order chi connectivity index (χ0) is 14.3. The first-order chi connectivity index (χ1) is 9.08. The Labute approximate surface area is 117 Å². The summed E-state index contributed by atoms with van der Waals surface area (Å²) in [6.45, 7) is 11.5. The Morgan fingerprint density at radius 2 is 2.05 bits per heavy atom. The van der Waals surface area contributed by atoms with Crippen molar-refractivity contribution >= 4 is 0 Å². The molecule has 0 aliphatic heterocycles. The van der Waals surface area contributed by atoms with Crippen LogP contribution in [0.4, 0.5) is 0 Å². The Bertz CT molecular complexity index is 349. The van der Waals surface area contributed by atoms with Gasteiger partial charge in [-0.1, -0.05) is 13.8 Å². The molecule has 1 N–H and O–H groups in total. The normalized spacial score (nSPS) is 13.4. The van der Waals surface area contributed by atoms with Crippen molar-refractivity contribution in [2.75, 3.05) is 33.7 Å². The SMILES string of the molecule is CCNCc1occc1CN(CC)C(C)CN(C)C. The lowest BCUT2D eigenvalue weighted by Crippen LogP contribution is -2.39. The van der Waals surface area contributed by atoms with E-state index < -0.39 is 0 Å². The topological polar surface area (TPSA) is 31.7 Å². The molecule has 0 aliphatic carbocycles. The molecule has 0 radical (unpaired) electrons. The summed E-state index contributed by atoms with van der Waals surface area (Å²) >= 11 is 0. The first kappa shape index (κ1) is 16.2. The zero-order valence-electron chi connectivity index (χ0n) is 13.1. The number of hydrogen-bond donors (Lipinski definition) is 1. The lowest BCUT2D eigenvalue weighted by atomic mass is 10.2. The van der Waals surface area contributed by atoms with E-state index in [-0.39, 0.29) is 0 Å². The van der Waals surface area contributed by atoms with Gasteiger partial charge in [0.25, 0.3) is 0 Å². The van der Waals surface area contributed by atoms with Crippen molar-refractivity contribution < 1.29 is 4.42 Å². The maximum atomic E-state index is 5.57. The van der Waals surface area contributed by atoms with E-state index in [9.17, 15) is 0 Å². The molecule has 1 aromatic rings. The zero-order valence-corrected chi connectivity index (χ0v) is 13.1. The predicted octanol–water partition coefficient (Wildman–Crippen LogP) is 2.16. The van der Waals surface area contributed by atoms with E-state index in [1.807, 2.05) is 0 Å². The predicted molar refractivity (Wildman–Crippen MR) is 80.2 cm³/mol. The maximum Gasteiger partial charge on any atom is 0.122 e. The first-order valence-electron chi connectivity index (χ1n) is 7.23. The number of nitrogens with zero attached hydrogens (tertiary/aromatic N) is 2. The van der Waals surface area contributed by atoms with E-state index in [0.717, 1.165) is 38.5 Å². The highest BCUT2D eigenvalue weighted by atomic mass is 16.3. The van der Waals surface area contributed by atoms with Crippen LogP contribution >= 0.6 is 0 Å². The molecule has 0 saturated carbocycles. The summed E-state index contributed by atoms with van der Waals surface area (Å²) in [5, 5.41) is 3.32. The van der Waals surface area contributed by atoms with Crippen LogP contribution in [0.5, 0.6) is 0 Å². The van der Waals surface area contributed by atoms with Crippen molar-refractivity contribution in [1.82, 2.24) is 15.1 Å². The van der Waals surface area contributed by atoms with Gasteiger partial charge >= 0.3 is 0 Å². The highest BCUT2D eigenvalue weighted by Crippen LogP contribution is 2.15. The van der Waals surface area contributed by atoms with Crippen LogP contribution in [-0.2, 0) is 13.1 Å². The average Bonchev–Trinajstić information content (AvgIpc) is 2.79. The molecule has 1 unspecified atom stereocenters. The Morgan fingerprint density at radius 3 is 2.63 bits per heavy atom. The van der Waals surface area contributed by atoms with Crippen molar-refractivity contribution in [2.45, 2.75) is 39.9 Å². The largest absolute Gasteiger partial charge is 0.468 e. The van der Waals surface area contributed by atoms with Gasteiger partial charge in [0.2, 0.25) is 0 Å². The van der Waals surface area contributed by atoms with Crippen LogP contribution in [-0.4, -0.2) is 49.6 Å². The van der Waals surface area contributed by atoms with E-state index in [0.29, 0.717) is 6.04 Å². The Morgan fingerprint density at radius 1 is 1.32 bits per heavy atom. The third kappa shape index (κ3) is 5.35. The number of likely N-dealkylation sites (N-methyl/N-ethyl adjacent to an activating group) is 2. The van der Waals surface area contributed by atoms with Gasteiger partial charge in [-0.2, -0.15) is 0 Å². The van der Waals surface area contributed by atoms with Crippen molar-refractivity contribution in [3.8, 4) is 0 Å². The van der Waals surface area contributed by atoms with Gasteiger partial charge in [-0.15, -0.1) is 0 Å². The van der Waals surface area contributed by atoms with Crippen LogP contribution in [0.1, 0.15) is 32.1 Å². The summed E-state index contributed by atoms with van der Waals surface area (Å²) in [5.41, 5.74) is 1.30. The molecule has 0 fully saturated rings. The quantitative estimate of drug-likeness (QED) is 0.743. The summed E-state index contributed by atoms with van der Waals surface area (Å²) in [5.74, 6) is 1.07. The minimum Gasteiger partial charge on any atom is -0.468 e. The second-order valence-corrected chi connectivity index (χ2v) is 5.32. The molecule has 0 spiro atoms. The lowest BCUT2D eigenvalue weighted by Gasteiger charge is -2.29. The van der Waals surface area contributed by atoms with Gasteiger partial charge in [0.05, 0.1) is 12.8 Å². The van der Waals surface area contributed by atoms with Gasteiger partial charge in [-0.3, -0.25) is 4.90 Å². The maximum absolute atomic E-state index is 5.57. The molecule has 1 atom stereocenters. The third-order valence-electron chi connectivity index (χ3n) is 3.41. The van der Waals surface area contributed by atoms with Crippen LogP contribution in [0.25, 0.3) is 0 Å². The van der Waals surface area contributed by atoms with Gasteiger partial charge in [0.1, 0.15) is 5.76 Å². The summed E-state index contributed by atoms with van der Waals surface area (Å²) in [6.07, 6.45) is 1.80. The minimum absolute atomic E-state index is 0.543. The van der Waals surface area contributed by atoms with Crippen molar-refractivity contribution in [3.05, 3.63) is 23.7 Å². The van der Waals surface area contributed by atoms with Crippen LogP contribution in [0.3, 0.4) is 0 Å². The molecule has 1 heterocycles.